The molecule has 18 heavy (non-hydrogen) atoms. The number of amides is 1. The zero-order valence-electron chi connectivity index (χ0n) is 9.50. The van der Waals surface area contributed by atoms with E-state index in [1.165, 1.54) is 18.2 Å². The first-order valence-corrected chi connectivity index (χ1v) is 5.36. The zero-order valence-corrected chi connectivity index (χ0v) is 9.50. The van der Waals surface area contributed by atoms with Crippen molar-refractivity contribution in [2.45, 2.75) is 6.54 Å². The highest BCUT2D eigenvalue weighted by Gasteiger charge is 2.08. The van der Waals surface area contributed by atoms with Crippen molar-refractivity contribution in [2.24, 2.45) is 0 Å². The molecular formula is C13H12N2O3. The Morgan fingerprint density at radius 2 is 2.06 bits per heavy atom. The summed E-state index contributed by atoms with van der Waals surface area (Å²) in [7, 11) is 0. The Hall–Kier alpha value is -2.56. The summed E-state index contributed by atoms with van der Waals surface area (Å²) in [6.45, 7) is 0.355. The molecule has 1 heterocycles. The van der Waals surface area contributed by atoms with E-state index in [2.05, 4.69) is 10.3 Å². The van der Waals surface area contributed by atoms with Crippen LogP contribution in [0.2, 0.25) is 0 Å². The van der Waals surface area contributed by atoms with Gasteiger partial charge in [0.1, 0.15) is 0 Å². The SMILES string of the molecule is O=C(NCc1cccnc1)c1ccc(O)c(O)c1. The second kappa shape index (κ2) is 5.18. The number of aromatic hydroxyl groups is 2. The van der Waals surface area contributed by atoms with Gasteiger partial charge in [-0.05, 0) is 29.8 Å². The minimum absolute atomic E-state index is 0.251. The highest BCUT2D eigenvalue weighted by Crippen LogP contribution is 2.24. The third-order valence-corrected chi connectivity index (χ3v) is 2.41. The molecule has 3 N–H and O–H groups in total. The lowest BCUT2D eigenvalue weighted by Crippen LogP contribution is -2.22. The Morgan fingerprint density at radius 1 is 1.22 bits per heavy atom. The molecule has 0 radical (unpaired) electrons. The van der Waals surface area contributed by atoms with Gasteiger partial charge in [-0.3, -0.25) is 9.78 Å². The number of hydrogen-bond acceptors (Lipinski definition) is 4. The number of pyridine rings is 1. The van der Waals surface area contributed by atoms with Crippen molar-refractivity contribution in [3.63, 3.8) is 0 Å². The molecule has 0 aliphatic rings. The molecule has 1 amide bonds. The van der Waals surface area contributed by atoms with E-state index >= 15 is 0 Å². The van der Waals surface area contributed by atoms with E-state index in [1.807, 2.05) is 6.07 Å². The Morgan fingerprint density at radius 3 is 2.72 bits per heavy atom. The van der Waals surface area contributed by atoms with Crippen LogP contribution in [0.1, 0.15) is 15.9 Å². The lowest BCUT2D eigenvalue weighted by molar-refractivity contribution is 0.0950. The average Bonchev–Trinajstić information content (AvgIpc) is 2.40. The lowest BCUT2D eigenvalue weighted by atomic mass is 10.2. The van der Waals surface area contributed by atoms with E-state index in [1.54, 1.807) is 18.5 Å². The summed E-state index contributed by atoms with van der Waals surface area (Å²) in [5.74, 6) is -0.892. The summed E-state index contributed by atoms with van der Waals surface area (Å²) in [6, 6.07) is 7.56. The lowest BCUT2D eigenvalue weighted by Gasteiger charge is -2.06. The summed E-state index contributed by atoms with van der Waals surface area (Å²) >= 11 is 0. The molecule has 0 saturated carbocycles. The van der Waals surface area contributed by atoms with Gasteiger partial charge in [-0.25, -0.2) is 0 Å². The van der Waals surface area contributed by atoms with Gasteiger partial charge in [-0.2, -0.15) is 0 Å². The van der Waals surface area contributed by atoms with Crippen molar-refractivity contribution < 1.29 is 15.0 Å². The van der Waals surface area contributed by atoms with Crippen LogP contribution in [-0.2, 0) is 6.54 Å². The van der Waals surface area contributed by atoms with E-state index in [0.29, 0.717) is 6.54 Å². The highest BCUT2D eigenvalue weighted by molar-refractivity contribution is 5.94. The van der Waals surface area contributed by atoms with Crippen LogP contribution in [0, 0.1) is 0 Å². The van der Waals surface area contributed by atoms with Gasteiger partial charge in [0, 0.05) is 24.5 Å². The second-order valence-electron chi connectivity index (χ2n) is 3.75. The maximum atomic E-state index is 11.8. The summed E-state index contributed by atoms with van der Waals surface area (Å²) < 4.78 is 0. The maximum absolute atomic E-state index is 11.8. The summed E-state index contributed by atoms with van der Waals surface area (Å²) in [5, 5.41) is 21.1. The molecule has 5 nitrogen and oxygen atoms in total. The van der Waals surface area contributed by atoms with Crippen molar-refractivity contribution in [3.05, 3.63) is 53.9 Å². The van der Waals surface area contributed by atoms with Crippen molar-refractivity contribution in [3.8, 4) is 11.5 Å². The molecule has 0 bridgehead atoms. The molecule has 92 valence electrons. The first kappa shape index (κ1) is 11.9. The minimum atomic E-state index is -0.325. The molecule has 1 aromatic carbocycles. The van der Waals surface area contributed by atoms with Crippen molar-refractivity contribution in [1.82, 2.24) is 10.3 Å². The standard InChI is InChI=1S/C13H12N2O3/c16-11-4-3-10(6-12(11)17)13(18)15-8-9-2-1-5-14-7-9/h1-7,16-17H,8H2,(H,15,18). The second-order valence-corrected chi connectivity index (χ2v) is 3.75. The molecule has 0 spiro atoms. The molecular weight excluding hydrogens is 232 g/mol. The van der Waals surface area contributed by atoms with E-state index < -0.39 is 0 Å². The Kier molecular flexibility index (Phi) is 3.43. The smallest absolute Gasteiger partial charge is 0.251 e. The number of phenolic OH excluding ortho intramolecular Hbond substituents is 2. The van der Waals surface area contributed by atoms with E-state index in [0.717, 1.165) is 5.56 Å². The fraction of sp³-hybridized carbons (Fsp3) is 0.0769. The Bertz CT molecular complexity index is 555. The summed E-state index contributed by atoms with van der Waals surface area (Å²) in [6.07, 6.45) is 3.32. The van der Waals surface area contributed by atoms with Crippen LogP contribution in [-0.4, -0.2) is 21.1 Å². The van der Waals surface area contributed by atoms with E-state index in [9.17, 15) is 9.90 Å². The van der Waals surface area contributed by atoms with Gasteiger partial charge in [0.2, 0.25) is 0 Å². The van der Waals surface area contributed by atoms with Crippen molar-refractivity contribution >= 4 is 5.91 Å². The molecule has 0 aliphatic carbocycles. The molecule has 2 rings (SSSR count). The van der Waals surface area contributed by atoms with Crippen LogP contribution in [0.5, 0.6) is 11.5 Å². The highest BCUT2D eigenvalue weighted by atomic mass is 16.3. The van der Waals surface area contributed by atoms with E-state index in [-0.39, 0.29) is 23.0 Å². The van der Waals surface area contributed by atoms with Gasteiger partial charge in [0.15, 0.2) is 11.5 Å². The number of nitrogens with zero attached hydrogens (tertiary/aromatic N) is 1. The number of nitrogens with one attached hydrogen (secondary N) is 1. The fourth-order valence-corrected chi connectivity index (χ4v) is 1.45. The maximum Gasteiger partial charge on any atom is 0.251 e. The number of carbonyl (C=O) groups excluding carboxylic acids is 1. The van der Waals surface area contributed by atoms with Crippen LogP contribution >= 0.6 is 0 Å². The molecule has 5 heteroatoms. The van der Waals surface area contributed by atoms with Crippen LogP contribution in [0.15, 0.2) is 42.7 Å². The molecule has 0 aliphatic heterocycles. The van der Waals surface area contributed by atoms with Gasteiger partial charge in [-0.1, -0.05) is 6.07 Å². The fourth-order valence-electron chi connectivity index (χ4n) is 1.45. The predicted octanol–water partition coefficient (Wildman–Crippen LogP) is 1.42. The third-order valence-electron chi connectivity index (χ3n) is 2.41. The minimum Gasteiger partial charge on any atom is -0.504 e. The van der Waals surface area contributed by atoms with Crippen LogP contribution in [0.4, 0.5) is 0 Å². The molecule has 0 atom stereocenters. The zero-order chi connectivity index (χ0) is 13.0. The van der Waals surface area contributed by atoms with E-state index in [4.69, 9.17) is 5.11 Å². The monoisotopic (exact) mass is 244 g/mol. The third kappa shape index (κ3) is 2.76. The molecule has 0 fully saturated rings. The molecule has 0 saturated heterocycles. The number of rotatable bonds is 3. The number of hydrogen-bond donors (Lipinski definition) is 3. The van der Waals surface area contributed by atoms with Crippen LogP contribution < -0.4 is 5.32 Å². The van der Waals surface area contributed by atoms with Crippen LogP contribution in [0.25, 0.3) is 0 Å². The van der Waals surface area contributed by atoms with Crippen molar-refractivity contribution in [2.75, 3.05) is 0 Å². The number of carbonyl (C=O) groups is 1. The largest absolute Gasteiger partial charge is 0.504 e. The number of phenols is 2. The van der Waals surface area contributed by atoms with Gasteiger partial charge in [-0.15, -0.1) is 0 Å². The summed E-state index contributed by atoms with van der Waals surface area (Å²) in [5.41, 5.74) is 1.17. The first-order valence-electron chi connectivity index (χ1n) is 5.36. The molecule has 2 aromatic rings. The molecule has 0 unspecified atom stereocenters. The first-order chi connectivity index (χ1) is 8.66. The van der Waals surface area contributed by atoms with Gasteiger partial charge >= 0.3 is 0 Å². The quantitative estimate of drug-likeness (QED) is 0.713. The van der Waals surface area contributed by atoms with Gasteiger partial charge < -0.3 is 15.5 Å². The van der Waals surface area contributed by atoms with Crippen LogP contribution in [0.3, 0.4) is 0 Å². The normalized spacial score (nSPS) is 10.0. The Balaban J connectivity index is 2.02. The van der Waals surface area contributed by atoms with Gasteiger partial charge in [0.05, 0.1) is 0 Å². The number of aromatic nitrogens is 1. The topological polar surface area (TPSA) is 82.5 Å². The predicted molar refractivity (Wildman–Crippen MR) is 65.2 cm³/mol. The van der Waals surface area contributed by atoms with Crippen molar-refractivity contribution in [1.29, 1.82) is 0 Å². The average molecular weight is 244 g/mol. The Labute approximate surface area is 104 Å². The number of benzene rings is 1. The summed E-state index contributed by atoms with van der Waals surface area (Å²) in [4.78, 5) is 15.7. The molecule has 1 aromatic heterocycles. The van der Waals surface area contributed by atoms with Gasteiger partial charge in [0.25, 0.3) is 5.91 Å².